The van der Waals surface area contributed by atoms with Crippen LogP contribution in [-0.2, 0) is 14.0 Å². The summed E-state index contributed by atoms with van der Waals surface area (Å²) in [6.07, 6.45) is 2.62. The van der Waals surface area contributed by atoms with Crippen molar-refractivity contribution in [1.29, 1.82) is 0 Å². The molecule has 0 saturated carbocycles. The molecule has 2 fully saturated rings. The highest BCUT2D eigenvalue weighted by Crippen LogP contribution is 2.34. The highest BCUT2D eigenvalue weighted by Gasteiger charge is 2.42. The third-order valence-electron chi connectivity index (χ3n) is 5.05. The second kappa shape index (κ2) is 7.48. The van der Waals surface area contributed by atoms with Crippen molar-refractivity contribution in [2.24, 2.45) is 0 Å². The first-order valence-corrected chi connectivity index (χ1v) is 9.97. The SMILES string of the molecule is C[C@H]1CC(C)(C)OB(c2ccccc2[C@H]2CCCN2C(=O)OC(C)(C)C)O1. The average molecular weight is 373 g/mol. The summed E-state index contributed by atoms with van der Waals surface area (Å²) in [6, 6.07) is 8.15. The van der Waals surface area contributed by atoms with Gasteiger partial charge in [-0.15, -0.1) is 0 Å². The lowest BCUT2D eigenvalue weighted by Gasteiger charge is -2.39. The maximum absolute atomic E-state index is 12.7. The zero-order chi connectivity index (χ0) is 19.8. The van der Waals surface area contributed by atoms with Gasteiger partial charge in [0.1, 0.15) is 5.60 Å². The van der Waals surface area contributed by atoms with Gasteiger partial charge in [-0.2, -0.15) is 0 Å². The summed E-state index contributed by atoms with van der Waals surface area (Å²) >= 11 is 0. The van der Waals surface area contributed by atoms with E-state index >= 15 is 0 Å². The van der Waals surface area contributed by atoms with Gasteiger partial charge in [0.25, 0.3) is 0 Å². The van der Waals surface area contributed by atoms with E-state index in [1.807, 2.05) is 37.8 Å². The van der Waals surface area contributed by atoms with E-state index in [0.29, 0.717) is 6.54 Å². The fourth-order valence-corrected chi connectivity index (χ4v) is 4.11. The topological polar surface area (TPSA) is 48.0 Å². The first-order chi connectivity index (χ1) is 12.6. The van der Waals surface area contributed by atoms with Gasteiger partial charge in [0.15, 0.2) is 0 Å². The molecule has 0 bridgehead atoms. The molecule has 0 unspecified atom stereocenters. The zero-order valence-electron chi connectivity index (χ0n) is 17.5. The van der Waals surface area contributed by atoms with E-state index in [9.17, 15) is 4.79 Å². The minimum atomic E-state index is -0.501. The molecule has 148 valence electrons. The van der Waals surface area contributed by atoms with Crippen LogP contribution in [0.5, 0.6) is 0 Å². The van der Waals surface area contributed by atoms with Crippen molar-refractivity contribution in [3.8, 4) is 0 Å². The summed E-state index contributed by atoms with van der Waals surface area (Å²) in [5.74, 6) is 0. The Morgan fingerprint density at radius 1 is 1.30 bits per heavy atom. The van der Waals surface area contributed by atoms with Crippen LogP contribution in [-0.4, -0.2) is 42.0 Å². The summed E-state index contributed by atoms with van der Waals surface area (Å²) < 4.78 is 18.0. The summed E-state index contributed by atoms with van der Waals surface area (Å²) in [5.41, 5.74) is 1.36. The number of carbonyl (C=O) groups excluding carboxylic acids is 1. The summed E-state index contributed by atoms with van der Waals surface area (Å²) in [4.78, 5) is 14.6. The molecule has 0 N–H and O–H groups in total. The van der Waals surface area contributed by atoms with Gasteiger partial charge < -0.3 is 18.9 Å². The molecule has 0 aliphatic carbocycles. The molecule has 6 heteroatoms. The Morgan fingerprint density at radius 3 is 2.67 bits per heavy atom. The van der Waals surface area contributed by atoms with Crippen LogP contribution < -0.4 is 5.46 Å². The molecule has 2 heterocycles. The maximum Gasteiger partial charge on any atom is 0.494 e. The number of nitrogens with zero attached hydrogens (tertiary/aromatic N) is 1. The van der Waals surface area contributed by atoms with Crippen molar-refractivity contribution in [1.82, 2.24) is 4.90 Å². The highest BCUT2D eigenvalue weighted by molar-refractivity contribution is 6.62. The zero-order valence-corrected chi connectivity index (χ0v) is 17.5. The third kappa shape index (κ3) is 4.85. The first-order valence-electron chi connectivity index (χ1n) is 9.97. The van der Waals surface area contributed by atoms with E-state index in [4.69, 9.17) is 14.0 Å². The molecule has 3 rings (SSSR count). The van der Waals surface area contributed by atoms with Crippen LogP contribution in [0.15, 0.2) is 24.3 Å². The highest BCUT2D eigenvalue weighted by atomic mass is 16.6. The Labute approximate surface area is 163 Å². The van der Waals surface area contributed by atoms with Crippen LogP contribution in [0.4, 0.5) is 4.79 Å². The van der Waals surface area contributed by atoms with Crippen LogP contribution in [0.1, 0.15) is 72.4 Å². The van der Waals surface area contributed by atoms with Gasteiger partial charge in [0.05, 0.1) is 11.6 Å². The van der Waals surface area contributed by atoms with E-state index in [0.717, 1.165) is 30.3 Å². The fourth-order valence-electron chi connectivity index (χ4n) is 4.11. The van der Waals surface area contributed by atoms with E-state index in [2.05, 4.69) is 32.9 Å². The number of hydrogen-bond acceptors (Lipinski definition) is 4. The molecule has 1 amide bonds. The van der Waals surface area contributed by atoms with Crippen LogP contribution in [0.3, 0.4) is 0 Å². The van der Waals surface area contributed by atoms with Gasteiger partial charge in [0, 0.05) is 12.6 Å². The number of ether oxygens (including phenoxy) is 1. The predicted octanol–water partition coefficient (Wildman–Crippen LogP) is 4.06. The molecule has 2 aliphatic heterocycles. The molecule has 2 atom stereocenters. The van der Waals surface area contributed by atoms with E-state index in [1.54, 1.807) is 0 Å². The Bertz CT molecular complexity index is 685. The number of benzene rings is 1. The molecule has 1 aromatic carbocycles. The number of hydrogen-bond donors (Lipinski definition) is 0. The molecule has 0 radical (unpaired) electrons. The van der Waals surface area contributed by atoms with E-state index in [-0.39, 0.29) is 23.8 Å². The van der Waals surface area contributed by atoms with Gasteiger partial charge in [-0.25, -0.2) is 4.79 Å². The van der Waals surface area contributed by atoms with Crippen LogP contribution in [0.2, 0.25) is 0 Å². The lowest BCUT2D eigenvalue weighted by atomic mass is 9.71. The van der Waals surface area contributed by atoms with Crippen molar-refractivity contribution in [3.63, 3.8) is 0 Å². The molecular formula is C21H32BNO4. The van der Waals surface area contributed by atoms with Crippen LogP contribution in [0.25, 0.3) is 0 Å². The Morgan fingerprint density at radius 2 is 2.00 bits per heavy atom. The minimum absolute atomic E-state index is 0.0106. The lowest BCUT2D eigenvalue weighted by Crippen LogP contribution is -2.53. The minimum Gasteiger partial charge on any atom is -0.444 e. The summed E-state index contributed by atoms with van der Waals surface area (Å²) in [7, 11) is -0.416. The second-order valence-electron chi connectivity index (χ2n) is 9.32. The van der Waals surface area contributed by atoms with E-state index in [1.165, 1.54) is 0 Å². The Kier molecular flexibility index (Phi) is 5.60. The Hall–Kier alpha value is -1.53. The maximum atomic E-state index is 12.7. The molecule has 0 aromatic heterocycles. The molecule has 2 saturated heterocycles. The number of likely N-dealkylation sites (tertiary alicyclic amines) is 1. The number of carbonyl (C=O) groups is 1. The van der Waals surface area contributed by atoms with Gasteiger partial charge in [-0.05, 0) is 71.8 Å². The Balaban J connectivity index is 1.88. The van der Waals surface area contributed by atoms with Gasteiger partial charge in [0.2, 0.25) is 0 Å². The standard InChI is InChI=1S/C21H32BNO4/c1-15-14-21(5,6)27-22(26-15)17-11-8-7-10-16(17)18-12-9-13-23(18)19(24)25-20(2,3)4/h7-8,10-11,15,18H,9,12-14H2,1-6H3/t15-,18+/m0/s1. The summed E-state index contributed by atoms with van der Waals surface area (Å²) in [6.45, 7) is 12.7. The average Bonchev–Trinajstić information content (AvgIpc) is 3.01. The second-order valence-corrected chi connectivity index (χ2v) is 9.32. The normalized spacial score (nSPS) is 25.6. The van der Waals surface area contributed by atoms with Crippen molar-refractivity contribution >= 4 is 18.7 Å². The molecule has 0 spiro atoms. The van der Waals surface area contributed by atoms with Crippen LogP contribution >= 0.6 is 0 Å². The fraction of sp³-hybridized carbons (Fsp3) is 0.667. The number of rotatable bonds is 2. The van der Waals surface area contributed by atoms with Gasteiger partial charge in [-0.1, -0.05) is 24.3 Å². The summed E-state index contributed by atoms with van der Waals surface area (Å²) in [5, 5.41) is 0. The quantitative estimate of drug-likeness (QED) is 0.734. The third-order valence-corrected chi connectivity index (χ3v) is 5.05. The number of amides is 1. The van der Waals surface area contributed by atoms with Crippen molar-refractivity contribution in [3.05, 3.63) is 29.8 Å². The predicted molar refractivity (Wildman–Crippen MR) is 107 cm³/mol. The van der Waals surface area contributed by atoms with Gasteiger partial charge in [-0.3, -0.25) is 0 Å². The van der Waals surface area contributed by atoms with Crippen molar-refractivity contribution < 1.29 is 18.8 Å². The molecule has 27 heavy (non-hydrogen) atoms. The van der Waals surface area contributed by atoms with Crippen molar-refractivity contribution in [2.75, 3.05) is 6.54 Å². The molecule has 2 aliphatic rings. The monoisotopic (exact) mass is 373 g/mol. The molecule has 1 aromatic rings. The largest absolute Gasteiger partial charge is 0.494 e. The first kappa shape index (κ1) is 20.2. The molecule has 5 nitrogen and oxygen atoms in total. The molecular weight excluding hydrogens is 341 g/mol. The van der Waals surface area contributed by atoms with Crippen LogP contribution in [0, 0.1) is 0 Å². The van der Waals surface area contributed by atoms with E-state index < -0.39 is 12.7 Å². The van der Waals surface area contributed by atoms with Gasteiger partial charge >= 0.3 is 13.2 Å². The van der Waals surface area contributed by atoms with Crippen molar-refractivity contribution in [2.45, 2.75) is 84.2 Å². The smallest absolute Gasteiger partial charge is 0.444 e. The lowest BCUT2D eigenvalue weighted by molar-refractivity contribution is -0.0232.